The van der Waals surface area contributed by atoms with Crippen molar-refractivity contribution in [3.8, 4) is 0 Å². The summed E-state index contributed by atoms with van der Waals surface area (Å²) in [5.74, 6) is 2.52. The van der Waals surface area contributed by atoms with Crippen LogP contribution in [0.5, 0.6) is 0 Å². The van der Waals surface area contributed by atoms with Gasteiger partial charge in [-0.2, -0.15) is 11.8 Å². The molecular formula is C13H23N3S2. The maximum absolute atomic E-state index is 4.72. The average molecular weight is 285 g/mol. The minimum Gasteiger partial charge on any atom is -0.308 e. The smallest absolute Gasteiger partial charge is 0.107 e. The van der Waals surface area contributed by atoms with Crippen molar-refractivity contribution in [2.24, 2.45) is 0 Å². The molecule has 1 atom stereocenters. The molecule has 1 fully saturated rings. The fourth-order valence-electron chi connectivity index (χ4n) is 2.00. The lowest BCUT2D eigenvalue weighted by atomic mass is 10.3. The van der Waals surface area contributed by atoms with Crippen LogP contribution in [-0.2, 0) is 13.1 Å². The van der Waals surface area contributed by atoms with Gasteiger partial charge in [-0.25, -0.2) is 4.98 Å². The number of hydrogen-bond acceptors (Lipinski definition) is 5. The number of rotatable bonds is 5. The number of thiazole rings is 1. The second kappa shape index (κ2) is 6.89. The lowest BCUT2D eigenvalue weighted by Crippen LogP contribution is -2.39. The molecule has 5 heteroatoms. The van der Waals surface area contributed by atoms with Crippen LogP contribution in [-0.4, -0.2) is 40.0 Å². The average Bonchev–Trinajstić information content (AvgIpc) is 2.77. The highest BCUT2D eigenvalue weighted by atomic mass is 32.2. The van der Waals surface area contributed by atoms with E-state index in [9.17, 15) is 0 Å². The normalized spacial score (nSPS) is 21.7. The molecule has 1 aromatic rings. The van der Waals surface area contributed by atoms with E-state index < -0.39 is 0 Å². The van der Waals surface area contributed by atoms with Crippen LogP contribution in [0.4, 0.5) is 0 Å². The lowest BCUT2D eigenvalue weighted by molar-refractivity contribution is 0.221. The molecule has 1 saturated heterocycles. The van der Waals surface area contributed by atoms with E-state index >= 15 is 0 Å². The summed E-state index contributed by atoms with van der Waals surface area (Å²) >= 11 is 3.84. The zero-order valence-corrected chi connectivity index (χ0v) is 13.1. The van der Waals surface area contributed by atoms with E-state index in [0.717, 1.165) is 13.1 Å². The number of nitrogens with zero attached hydrogens (tertiary/aromatic N) is 2. The quantitative estimate of drug-likeness (QED) is 0.900. The molecule has 0 aromatic carbocycles. The van der Waals surface area contributed by atoms with Crippen molar-refractivity contribution in [2.45, 2.75) is 45.9 Å². The van der Waals surface area contributed by atoms with Crippen molar-refractivity contribution in [1.82, 2.24) is 15.2 Å². The minimum absolute atomic E-state index is 0.525. The highest BCUT2D eigenvalue weighted by Crippen LogP contribution is 2.19. The van der Waals surface area contributed by atoms with Crippen molar-refractivity contribution in [3.63, 3.8) is 0 Å². The van der Waals surface area contributed by atoms with Gasteiger partial charge in [-0.15, -0.1) is 11.3 Å². The van der Waals surface area contributed by atoms with Gasteiger partial charge in [0, 0.05) is 48.6 Å². The number of hydrogen-bond donors (Lipinski definition) is 1. The monoisotopic (exact) mass is 285 g/mol. The molecular weight excluding hydrogens is 262 g/mol. The van der Waals surface area contributed by atoms with Gasteiger partial charge in [-0.05, 0) is 6.92 Å². The van der Waals surface area contributed by atoms with E-state index in [1.165, 1.54) is 28.8 Å². The van der Waals surface area contributed by atoms with E-state index in [1.807, 2.05) is 0 Å². The van der Waals surface area contributed by atoms with Crippen LogP contribution in [0.25, 0.3) is 0 Å². The summed E-state index contributed by atoms with van der Waals surface area (Å²) < 4.78 is 0. The maximum Gasteiger partial charge on any atom is 0.107 e. The van der Waals surface area contributed by atoms with Crippen LogP contribution in [0.2, 0.25) is 0 Å². The van der Waals surface area contributed by atoms with Crippen molar-refractivity contribution in [3.05, 3.63) is 16.1 Å². The summed E-state index contributed by atoms with van der Waals surface area (Å²) in [7, 11) is 0. The molecule has 0 aliphatic carbocycles. The Morgan fingerprint density at radius 2 is 2.39 bits per heavy atom. The zero-order chi connectivity index (χ0) is 13.0. The molecule has 0 radical (unpaired) electrons. The van der Waals surface area contributed by atoms with Gasteiger partial charge in [0.05, 0.1) is 5.69 Å². The summed E-state index contributed by atoms with van der Waals surface area (Å²) in [5, 5.41) is 6.84. The Hall–Kier alpha value is -0.100. The molecule has 1 aliphatic rings. The Bertz CT molecular complexity index is 365. The fraction of sp³-hybridized carbons (Fsp3) is 0.769. The lowest BCUT2D eigenvalue weighted by Gasteiger charge is -2.32. The Morgan fingerprint density at radius 3 is 3.11 bits per heavy atom. The predicted octanol–water partition coefficient (Wildman–Crippen LogP) is 2.58. The third kappa shape index (κ3) is 4.23. The van der Waals surface area contributed by atoms with Crippen molar-refractivity contribution in [2.75, 3.05) is 18.1 Å². The second-order valence-corrected chi connectivity index (χ2v) is 7.26. The van der Waals surface area contributed by atoms with E-state index in [1.54, 1.807) is 11.3 Å². The maximum atomic E-state index is 4.72. The molecule has 1 unspecified atom stereocenters. The summed E-state index contributed by atoms with van der Waals surface area (Å²) in [6, 6.07) is 1.21. The molecule has 3 nitrogen and oxygen atoms in total. The van der Waals surface area contributed by atoms with E-state index in [0.29, 0.717) is 12.1 Å². The van der Waals surface area contributed by atoms with Gasteiger partial charge in [0.2, 0.25) is 0 Å². The number of nitrogens with one attached hydrogen (secondary N) is 1. The van der Waals surface area contributed by atoms with Crippen molar-refractivity contribution < 1.29 is 0 Å². The largest absolute Gasteiger partial charge is 0.308 e. The van der Waals surface area contributed by atoms with Crippen LogP contribution < -0.4 is 5.32 Å². The number of aromatic nitrogens is 1. The first-order valence-corrected chi connectivity index (χ1v) is 8.67. The van der Waals surface area contributed by atoms with E-state index in [4.69, 9.17) is 4.98 Å². The SMILES string of the molecule is CC(C)NCc1nc(CN2CCSCC2C)cs1. The van der Waals surface area contributed by atoms with Gasteiger partial charge in [0.15, 0.2) is 0 Å². The van der Waals surface area contributed by atoms with Crippen LogP contribution in [0.3, 0.4) is 0 Å². The van der Waals surface area contributed by atoms with Gasteiger partial charge < -0.3 is 5.32 Å². The molecule has 1 N–H and O–H groups in total. The standard InChI is InChI=1S/C13H23N3S2/c1-10(2)14-6-13-15-12(9-18-13)7-16-4-5-17-8-11(16)3/h9-11,14H,4-8H2,1-3H3. The van der Waals surface area contributed by atoms with Gasteiger partial charge in [0.1, 0.15) is 5.01 Å². The third-order valence-electron chi connectivity index (χ3n) is 3.13. The summed E-state index contributed by atoms with van der Waals surface area (Å²) in [5.41, 5.74) is 1.24. The first-order chi connectivity index (χ1) is 8.65. The van der Waals surface area contributed by atoms with Gasteiger partial charge in [-0.3, -0.25) is 4.90 Å². The minimum atomic E-state index is 0.525. The molecule has 0 spiro atoms. The topological polar surface area (TPSA) is 28.2 Å². The van der Waals surface area contributed by atoms with E-state index in [-0.39, 0.29) is 0 Å². The van der Waals surface area contributed by atoms with Crippen LogP contribution in [0.1, 0.15) is 31.5 Å². The molecule has 2 heterocycles. The van der Waals surface area contributed by atoms with Crippen molar-refractivity contribution in [1.29, 1.82) is 0 Å². The Morgan fingerprint density at radius 1 is 1.56 bits per heavy atom. The molecule has 1 aliphatic heterocycles. The fourth-order valence-corrected chi connectivity index (χ4v) is 3.82. The van der Waals surface area contributed by atoms with Crippen LogP contribution in [0, 0.1) is 0 Å². The third-order valence-corrected chi connectivity index (χ3v) is 5.22. The number of thioether (sulfide) groups is 1. The first-order valence-electron chi connectivity index (χ1n) is 6.63. The van der Waals surface area contributed by atoms with Gasteiger partial charge in [-0.1, -0.05) is 13.8 Å². The van der Waals surface area contributed by atoms with E-state index in [2.05, 4.69) is 48.1 Å². The molecule has 2 rings (SSSR count). The molecule has 102 valence electrons. The summed E-state index contributed by atoms with van der Waals surface area (Å²) in [6.07, 6.45) is 0. The highest BCUT2D eigenvalue weighted by molar-refractivity contribution is 7.99. The zero-order valence-electron chi connectivity index (χ0n) is 11.5. The predicted molar refractivity (Wildman–Crippen MR) is 81.3 cm³/mol. The Labute approximate surface area is 118 Å². The summed E-state index contributed by atoms with van der Waals surface area (Å²) in [4.78, 5) is 7.27. The molecule has 0 bridgehead atoms. The molecule has 18 heavy (non-hydrogen) atoms. The summed E-state index contributed by atoms with van der Waals surface area (Å²) in [6.45, 7) is 9.76. The van der Waals surface area contributed by atoms with Crippen LogP contribution in [0.15, 0.2) is 5.38 Å². The van der Waals surface area contributed by atoms with Crippen LogP contribution >= 0.6 is 23.1 Å². The highest BCUT2D eigenvalue weighted by Gasteiger charge is 2.19. The Kier molecular flexibility index (Phi) is 5.48. The first kappa shape index (κ1) is 14.3. The Balaban J connectivity index is 1.85. The molecule has 0 saturated carbocycles. The van der Waals surface area contributed by atoms with Crippen molar-refractivity contribution >= 4 is 23.1 Å². The van der Waals surface area contributed by atoms with Gasteiger partial charge >= 0.3 is 0 Å². The molecule has 1 aromatic heterocycles. The second-order valence-electron chi connectivity index (χ2n) is 5.16. The van der Waals surface area contributed by atoms with Gasteiger partial charge in [0.25, 0.3) is 0 Å². The molecule has 0 amide bonds.